The van der Waals surface area contributed by atoms with E-state index in [9.17, 15) is 0 Å². The Kier molecular flexibility index (Phi) is 4.76. The van der Waals surface area contributed by atoms with E-state index >= 15 is 0 Å². The standard InChI is InChI=1S/C17H22BrN3/c1-2-9-19-12-13-5-4-11-21(13)17-15-6-3-7-16(18)14(15)8-10-20-17/h3,6-8,10,13,19H,2,4-5,9,11-12H2,1H3. The first-order chi connectivity index (χ1) is 10.3. The lowest BCUT2D eigenvalue weighted by molar-refractivity contribution is 0.569. The van der Waals surface area contributed by atoms with Crippen molar-refractivity contribution in [1.29, 1.82) is 0 Å². The molecule has 3 rings (SSSR count). The molecular formula is C17H22BrN3. The summed E-state index contributed by atoms with van der Waals surface area (Å²) in [7, 11) is 0. The molecular weight excluding hydrogens is 326 g/mol. The van der Waals surface area contributed by atoms with E-state index in [1.165, 1.54) is 30.0 Å². The van der Waals surface area contributed by atoms with Crippen LogP contribution in [0.25, 0.3) is 10.8 Å². The van der Waals surface area contributed by atoms with Gasteiger partial charge in [0.05, 0.1) is 0 Å². The SMILES string of the molecule is CCCNCC1CCCN1c1nccc2c(Br)cccc12. The Morgan fingerprint density at radius 3 is 3.10 bits per heavy atom. The maximum absolute atomic E-state index is 4.69. The van der Waals surface area contributed by atoms with E-state index in [0.717, 1.165) is 29.9 Å². The number of nitrogens with one attached hydrogen (secondary N) is 1. The lowest BCUT2D eigenvalue weighted by Gasteiger charge is -2.27. The Morgan fingerprint density at radius 1 is 1.33 bits per heavy atom. The molecule has 0 amide bonds. The fourth-order valence-electron chi connectivity index (χ4n) is 3.15. The smallest absolute Gasteiger partial charge is 0.136 e. The second-order valence-electron chi connectivity index (χ2n) is 5.66. The molecule has 2 aromatic rings. The number of hydrogen-bond donors (Lipinski definition) is 1. The van der Waals surface area contributed by atoms with Gasteiger partial charge in [0.15, 0.2) is 0 Å². The number of aromatic nitrogens is 1. The van der Waals surface area contributed by atoms with Crippen molar-refractivity contribution in [2.24, 2.45) is 0 Å². The third kappa shape index (κ3) is 3.06. The summed E-state index contributed by atoms with van der Waals surface area (Å²) >= 11 is 3.65. The molecule has 1 aliphatic heterocycles. The molecule has 1 atom stereocenters. The van der Waals surface area contributed by atoms with Crippen LogP contribution in [0.5, 0.6) is 0 Å². The molecule has 1 aliphatic rings. The van der Waals surface area contributed by atoms with Gasteiger partial charge < -0.3 is 10.2 Å². The van der Waals surface area contributed by atoms with Gasteiger partial charge in [0.1, 0.15) is 5.82 Å². The predicted molar refractivity (Wildman–Crippen MR) is 93.0 cm³/mol. The molecule has 3 nitrogen and oxygen atoms in total. The minimum atomic E-state index is 0.564. The first-order valence-electron chi connectivity index (χ1n) is 7.82. The fourth-order valence-corrected chi connectivity index (χ4v) is 3.65. The van der Waals surface area contributed by atoms with Gasteiger partial charge in [0.2, 0.25) is 0 Å². The summed E-state index contributed by atoms with van der Waals surface area (Å²) in [6.07, 6.45) is 5.62. The highest BCUT2D eigenvalue weighted by Gasteiger charge is 2.26. The molecule has 21 heavy (non-hydrogen) atoms. The van der Waals surface area contributed by atoms with Gasteiger partial charge in [0.25, 0.3) is 0 Å². The van der Waals surface area contributed by atoms with Gasteiger partial charge in [0, 0.05) is 40.6 Å². The van der Waals surface area contributed by atoms with Crippen LogP contribution in [0.15, 0.2) is 34.9 Å². The number of halogens is 1. The van der Waals surface area contributed by atoms with Crippen LogP contribution in [0.1, 0.15) is 26.2 Å². The zero-order chi connectivity index (χ0) is 14.7. The number of fused-ring (bicyclic) bond motifs is 1. The van der Waals surface area contributed by atoms with Gasteiger partial charge >= 0.3 is 0 Å². The normalized spacial score (nSPS) is 18.6. The van der Waals surface area contributed by atoms with Crippen LogP contribution >= 0.6 is 15.9 Å². The van der Waals surface area contributed by atoms with Crippen molar-refractivity contribution in [2.75, 3.05) is 24.5 Å². The molecule has 1 saturated heterocycles. The Hall–Kier alpha value is -1.13. The number of rotatable bonds is 5. The summed E-state index contributed by atoms with van der Waals surface area (Å²) in [5.41, 5.74) is 0. The average Bonchev–Trinajstić information content (AvgIpc) is 2.96. The van der Waals surface area contributed by atoms with Gasteiger partial charge in [-0.3, -0.25) is 0 Å². The van der Waals surface area contributed by atoms with Crippen LogP contribution in [0.4, 0.5) is 5.82 Å². The van der Waals surface area contributed by atoms with E-state index in [2.05, 4.69) is 62.3 Å². The zero-order valence-corrected chi connectivity index (χ0v) is 14.1. The molecule has 1 aromatic heterocycles. The van der Waals surface area contributed by atoms with E-state index in [4.69, 9.17) is 0 Å². The Balaban J connectivity index is 1.90. The minimum absolute atomic E-state index is 0.564. The van der Waals surface area contributed by atoms with E-state index < -0.39 is 0 Å². The summed E-state index contributed by atoms with van der Waals surface area (Å²) in [6, 6.07) is 9.02. The highest BCUT2D eigenvalue weighted by atomic mass is 79.9. The second-order valence-corrected chi connectivity index (χ2v) is 6.52. The van der Waals surface area contributed by atoms with Crippen LogP contribution in [0.3, 0.4) is 0 Å². The van der Waals surface area contributed by atoms with E-state index in [0.29, 0.717) is 6.04 Å². The van der Waals surface area contributed by atoms with Crippen molar-refractivity contribution >= 4 is 32.5 Å². The summed E-state index contributed by atoms with van der Waals surface area (Å²) < 4.78 is 1.14. The predicted octanol–water partition coefficient (Wildman–Crippen LogP) is 3.97. The molecule has 0 spiro atoms. The largest absolute Gasteiger partial charge is 0.352 e. The Morgan fingerprint density at radius 2 is 2.24 bits per heavy atom. The Labute approximate surface area is 134 Å². The maximum Gasteiger partial charge on any atom is 0.136 e. The number of anilines is 1. The average molecular weight is 348 g/mol. The first-order valence-corrected chi connectivity index (χ1v) is 8.61. The molecule has 2 heterocycles. The van der Waals surface area contributed by atoms with Crippen molar-refractivity contribution in [1.82, 2.24) is 10.3 Å². The van der Waals surface area contributed by atoms with Crippen molar-refractivity contribution in [3.05, 3.63) is 34.9 Å². The quantitative estimate of drug-likeness (QED) is 0.829. The molecule has 1 unspecified atom stereocenters. The topological polar surface area (TPSA) is 28.2 Å². The molecule has 1 aromatic carbocycles. The van der Waals surface area contributed by atoms with E-state index in [1.807, 2.05) is 6.20 Å². The highest BCUT2D eigenvalue weighted by Crippen LogP contribution is 2.33. The van der Waals surface area contributed by atoms with Crippen LogP contribution in [-0.2, 0) is 0 Å². The summed E-state index contributed by atoms with van der Waals surface area (Å²) in [4.78, 5) is 7.17. The van der Waals surface area contributed by atoms with Crippen molar-refractivity contribution in [3.8, 4) is 0 Å². The van der Waals surface area contributed by atoms with Crippen LogP contribution in [0, 0.1) is 0 Å². The molecule has 0 saturated carbocycles. The molecule has 0 radical (unpaired) electrons. The fraction of sp³-hybridized carbons (Fsp3) is 0.471. The molecule has 1 fully saturated rings. The van der Waals surface area contributed by atoms with Gasteiger partial charge in [-0.1, -0.05) is 35.0 Å². The highest BCUT2D eigenvalue weighted by molar-refractivity contribution is 9.10. The van der Waals surface area contributed by atoms with Crippen LogP contribution in [-0.4, -0.2) is 30.7 Å². The Bertz CT molecular complexity index is 614. The van der Waals surface area contributed by atoms with E-state index in [-0.39, 0.29) is 0 Å². The second kappa shape index (κ2) is 6.75. The number of benzene rings is 1. The third-order valence-corrected chi connectivity index (χ3v) is 4.88. The molecule has 112 valence electrons. The monoisotopic (exact) mass is 347 g/mol. The van der Waals surface area contributed by atoms with Crippen molar-refractivity contribution in [3.63, 3.8) is 0 Å². The molecule has 4 heteroatoms. The summed E-state index contributed by atoms with van der Waals surface area (Å²) in [6.45, 7) is 5.47. The first kappa shape index (κ1) is 14.8. The lowest BCUT2D eigenvalue weighted by atomic mass is 10.1. The summed E-state index contributed by atoms with van der Waals surface area (Å²) in [5, 5.41) is 6.05. The van der Waals surface area contributed by atoms with Gasteiger partial charge in [-0.25, -0.2) is 4.98 Å². The van der Waals surface area contributed by atoms with Gasteiger partial charge in [-0.2, -0.15) is 0 Å². The zero-order valence-electron chi connectivity index (χ0n) is 12.5. The minimum Gasteiger partial charge on any atom is -0.352 e. The maximum atomic E-state index is 4.69. The molecule has 0 bridgehead atoms. The number of pyridine rings is 1. The third-order valence-electron chi connectivity index (χ3n) is 4.19. The van der Waals surface area contributed by atoms with Crippen molar-refractivity contribution in [2.45, 2.75) is 32.2 Å². The van der Waals surface area contributed by atoms with Crippen molar-refractivity contribution < 1.29 is 0 Å². The van der Waals surface area contributed by atoms with Gasteiger partial charge in [-0.05, 0) is 37.9 Å². The van der Waals surface area contributed by atoms with Gasteiger partial charge in [-0.15, -0.1) is 0 Å². The number of nitrogens with zero attached hydrogens (tertiary/aromatic N) is 2. The number of hydrogen-bond acceptors (Lipinski definition) is 3. The lowest BCUT2D eigenvalue weighted by Crippen LogP contribution is -2.38. The van der Waals surface area contributed by atoms with Crippen LogP contribution in [0.2, 0.25) is 0 Å². The van der Waals surface area contributed by atoms with E-state index in [1.54, 1.807) is 0 Å². The molecule has 1 N–H and O–H groups in total. The summed E-state index contributed by atoms with van der Waals surface area (Å²) in [5.74, 6) is 1.13. The van der Waals surface area contributed by atoms with Crippen LogP contribution < -0.4 is 10.2 Å². The molecule has 0 aliphatic carbocycles.